The molecule has 0 aliphatic rings. The fraction of sp³-hybridized carbons (Fsp3) is 0.0667. The molecule has 6 rings (SSSR count). The molecule has 2 heterocycles. The monoisotopic (exact) mass is 574 g/mol. The highest BCUT2D eigenvalue weighted by molar-refractivity contribution is 7.98. The van der Waals surface area contributed by atoms with Gasteiger partial charge in [0, 0.05) is 16.9 Å². The number of nitrogens with zero attached hydrogens (tertiary/aromatic N) is 8. The maximum atomic E-state index is 8.58. The van der Waals surface area contributed by atoms with E-state index in [0.29, 0.717) is 28.1 Å². The van der Waals surface area contributed by atoms with E-state index in [9.17, 15) is 0 Å². The van der Waals surface area contributed by atoms with Gasteiger partial charge in [0.25, 0.3) is 0 Å². The van der Waals surface area contributed by atoms with Gasteiger partial charge in [0.05, 0.1) is 0 Å². The largest absolute Gasteiger partial charge is 0.488 e. The highest BCUT2D eigenvalue weighted by Crippen LogP contribution is 2.19. The molecule has 0 bridgehead atoms. The lowest BCUT2D eigenvalue weighted by atomic mass is 9.81. The minimum Gasteiger partial charge on any atom is -0.423 e. The van der Waals surface area contributed by atoms with Gasteiger partial charge in [-0.15, -0.1) is 40.8 Å². The number of hydrogen-bond acceptors (Lipinski definition) is 11. The Hall–Kier alpha value is -4.91. The average molecular weight is 574 g/mol. The van der Waals surface area contributed by atoms with E-state index >= 15 is 0 Å². The molecule has 2 N–H and O–H groups in total. The summed E-state index contributed by atoms with van der Waals surface area (Å²) in [5.74, 6) is 2.51. The predicted octanol–water partition coefficient (Wildman–Crippen LogP) is 3.83. The van der Waals surface area contributed by atoms with Crippen molar-refractivity contribution in [2.75, 3.05) is 0 Å². The summed E-state index contributed by atoms with van der Waals surface area (Å²) in [7, 11) is -1.34. The molecule has 0 fully saturated rings. The van der Waals surface area contributed by atoms with Crippen molar-refractivity contribution in [3.05, 3.63) is 133 Å². The number of hydrogen-bond donors (Lipinski definition) is 2. The van der Waals surface area contributed by atoms with E-state index in [1.165, 1.54) is 17.3 Å². The second kappa shape index (κ2) is 16.4. The highest BCUT2D eigenvalue weighted by Gasteiger charge is 2.07. The Morgan fingerprint density at radius 3 is 1.36 bits per heavy atom. The summed E-state index contributed by atoms with van der Waals surface area (Å²) in [6.45, 7) is 1.76. The van der Waals surface area contributed by atoms with Gasteiger partial charge in [0.15, 0.2) is 5.82 Å². The molecule has 42 heavy (non-hydrogen) atoms. The van der Waals surface area contributed by atoms with Crippen molar-refractivity contribution >= 4 is 24.3 Å². The second-order valence-electron chi connectivity index (χ2n) is 8.57. The van der Waals surface area contributed by atoms with E-state index in [1.54, 1.807) is 31.2 Å². The zero-order chi connectivity index (χ0) is 29.4. The third-order valence-corrected chi connectivity index (χ3v) is 6.31. The van der Waals surface area contributed by atoms with Gasteiger partial charge in [0.1, 0.15) is 0 Å². The van der Waals surface area contributed by atoms with E-state index in [1.807, 2.05) is 84.9 Å². The Morgan fingerprint density at radius 2 is 0.929 bits per heavy atom. The fourth-order valence-electron chi connectivity index (χ4n) is 3.31. The second-order valence-corrected chi connectivity index (χ2v) is 9.51. The van der Waals surface area contributed by atoms with Crippen molar-refractivity contribution < 1.29 is 10.0 Å². The maximum Gasteiger partial charge on any atom is 0.488 e. The Kier molecular flexibility index (Phi) is 11.7. The van der Waals surface area contributed by atoms with Crippen LogP contribution < -0.4 is 5.46 Å². The summed E-state index contributed by atoms with van der Waals surface area (Å²) >= 11 is 1.53. The van der Waals surface area contributed by atoms with Crippen LogP contribution in [0.4, 0.5) is 0 Å². The van der Waals surface area contributed by atoms with Gasteiger partial charge in [-0.05, 0) is 17.9 Å². The number of aromatic nitrogens is 8. The summed E-state index contributed by atoms with van der Waals surface area (Å²) in [4.78, 5) is 0. The molecule has 0 aliphatic heterocycles. The van der Waals surface area contributed by atoms with Gasteiger partial charge in [-0.25, -0.2) is 0 Å². The van der Waals surface area contributed by atoms with Crippen LogP contribution in [-0.4, -0.2) is 58.0 Å². The molecule has 12 heteroatoms. The van der Waals surface area contributed by atoms with Gasteiger partial charge in [-0.1, -0.05) is 133 Å². The van der Waals surface area contributed by atoms with Crippen molar-refractivity contribution in [2.45, 2.75) is 17.8 Å². The third kappa shape index (κ3) is 9.93. The maximum absolute atomic E-state index is 8.58. The lowest BCUT2D eigenvalue weighted by Crippen LogP contribution is -2.29. The van der Waals surface area contributed by atoms with Crippen LogP contribution >= 0.6 is 11.8 Å². The smallest absolute Gasteiger partial charge is 0.423 e. The summed E-state index contributed by atoms with van der Waals surface area (Å²) in [6.07, 6.45) is 0. The molecule has 0 atom stereocenters. The van der Waals surface area contributed by atoms with E-state index in [4.69, 9.17) is 10.0 Å². The topological polar surface area (TPSA) is 144 Å². The zero-order valence-corrected chi connectivity index (χ0v) is 23.5. The van der Waals surface area contributed by atoms with Gasteiger partial charge >= 0.3 is 7.12 Å². The number of thioether (sulfide) groups is 1. The molecule has 10 nitrogen and oxygen atoms in total. The molecular weight excluding hydrogens is 547 g/mol. The van der Waals surface area contributed by atoms with Crippen LogP contribution in [-0.2, 0) is 5.75 Å². The van der Waals surface area contributed by atoms with Crippen molar-refractivity contribution in [1.29, 1.82) is 0 Å². The first kappa shape index (κ1) is 30.1. The summed E-state index contributed by atoms with van der Waals surface area (Å²) in [6, 6.07) is 38.2. The molecule has 2 aromatic heterocycles. The molecule has 0 unspecified atom stereocenters. The fourth-order valence-corrected chi connectivity index (χ4v) is 4.00. The third-order valence-electron chi connectivity index (χ3n) is 5.41. The summed E-state index contributed by atoms with van der Waals surface area (Å²) in [5.41, 5.74) is 3.61. The minimum atomic E-state index is -1.34. The minimum absolute atomic E-state index is 0.525. The summed E-state index contributed by atoms with van der Waals surface area (Å²) in [5, 5.41) is 49.7. The Morgan fingerprint density at radius 1 is 0.524 bits per heavy atom. The van der Waals surface area contributed by atoms with Crippen LogP contribution in [0.5, 0.6) is 0 Å². The normalized spacial score (nSPS) is 9.98. The van der Waals surface area contributed by atoms with E-state index < -0.39 is 7.12 Å². The molecule has 6 aromatic rings. The van der Waals surface area contributed by atoms with Gasteiger partial charge < -0.3 is 10.0 Å². The van der Waals surface area contributed by atoms with E-state index in [-0.39, 0.29) is 0 Å². The standard InChI is InChI=1S/C15H12N4S.C9H8N4.C6H7BO2/c1-3-7-12(8-4-1)11-20-15-18-16-14(17-19-15)13-9-5-2-6-10-13;1-7-10-12-9(13-11-7)8-5-3-2-4-6-8;8-7(9)6-4-2-1-3-5-6/h1-10H,11H2;2-6H,1H3;1-5,8-9H. The van der Waals surface area contributed by atoms with Crippen molar-refractivity contribution in [1.82, 2.24) is 40.8 Å². The quantitative estimate of drug-likeness (QED) is 0.221. The number of benzene rings is 4. The average Bonchev–Trinajstić information content (AvgIpc) is 3.07. The number of rotatable bonds is 6. The van der Waals surface area contributed by atoms with Crippen LogP contribution in [0.3, 0.4) is 0 Å². The first-order valence-electron chi connectivity index (χ1n) is 12.9. The van der Waals surface area contributed by atoms with Crippen LogP contribution in [0.25, 0.3) is 22.8 Å². The molecule has 0 saturated heterocycles. The molecule has 208 valence electrons. The SMILES string of the molecule is Cc1nnc(-c2ccccc2)nn1.OB(O)c1ccccc1.c1ccc(CSc2nnc(-c3ccccc3)nn2)cc1. The lowest BCUT2D eigenvalue weighted by molar-refractivity contribution is 0.426. The van der Waals surface area contributed by atoms with Crippen LogP contribution in [0.2, 0.25) is 0 Å². The predicted molar refractivity (Wildman–Crippen MR) is 163 cm³/mol. The molecule has 0 saturated carbocycles. The molecule has 0 spiro atoms. The van der Waals surface area contributed by atoms with Gasteiger partial charge in [-0.3, -0.25) is 0 Å². The van der Waals surface area contributed by atoms with Gasteiger partial charge in [-0.2, -0.15) is 0 Å². The summed E-state index contributed by atoms with van der Waals surface area (Å²) < 4.78 is 0. The lowest BCUT2D eigenvalue weighted by Gasteiger charge is -2.00. The van der Waals surface area contributed by atoms with Crippen LogP contribution in [0.15, 0.2) is 126 Å². The molecule has 0 radical (unpaired) electrons. The Bertz CT molecular complexity index is 1590. The Balaban J connectivity index is 0.000000158. The van der Waals surface area contributed by atoms with E-state index in [2.05, 4.69) is 52.9 Å². The van der Waals surface area contributed by atoms with Crippen molar-refractivity contribution in [3.8, 4) is 22.8 Å². The van der Waals surface area contributed by atoms with Crippen LogP contribution in [0, 0.1) is 6.92 Å². The molecule has 4 aromatic carbocycles. The Labute approximate surface area is 248 Å². The molecule has 0 amide bonds. The van der Waals surface area contributed by atoms with Gasteiger partial charge in [0.2, 0.25) is 16.8 Å². The van der Waals surface area contributed by atoms with Crippen molar-refractivity contribution in [3.63, 3.8) is 0 Å². The first-order valence-corrected chi connectivity index (χ1v) is 13.9. The molecular formula is C30H27BN8O2S. The first-order chi connectivity index (χ1) is 20.6. The zero-order valence-electron chi connectivity index (χ0n) is 22.7. The highest BCUT2D eigenvalue weighted by atomic mass is 32.2. The molecule has 0 aliphatic carbocycles. The van der Waals surface area contributed by atoms with Crippen LogP contribution in [0.1, 0.15) is 11.4 Å². The van der Waals surface area contributed by atoms with Crippen molar-refractivity contribution in [2.24, 2.45) is 0 Å². The number of aryl methyl sites for hydroxylation is 1. The van der Waals surface area contributed by atoms with E-state index in [0.717, 1.165) is 16.9 Å².